The molecule has 4 N–H and O–H groups in total. The summed E-state index contributed by atoms with van der Waals surface area (Å²) in [7, 11) is 0. The van der Waals surface area contributed by atoms with Crippen molar-refractivity contribution in [3.8, 4) is 6.07 Å². The van der Waals surface area contributed by atoms with Gasteiger partial charge in [-0.15, -0.1) is 0 Å². The number of carboxylic acids is 1. The summed E-state index contributed by atoms with van der Waals surface area (Å²) in [5.41, 5.74) is 0.558. The Morgan fingerprint density at radius 3 is 2.63 bits per heavy atom. The number of carbonyl (C=O) groups excluding carboxylic acids is 1. The fraction of sp³-hybridized carbons (Fsp3) is 0.250. The number of nitrogens with zero attached hydrogens (tertiary/aromatic N) is 1. The Labute approximate surface area is 109 Å². The second-order valence-corrected chi connectivity index (χ2v) is 3.66. The summed E-state index contributed by atoms with van der Waals surface area (Å²) in [6, 6.07) is 6.31. The van der Waals surface area contributed by atoms with E-state index in [0.717, 1.165) is 0 Å². The highest BCUT2D eigenvalue weighted by atomic mass is 16.4. The molecular formula is C12H13N3O4. The van der Waals surface area contributed by atoms with Crippen LogP contribution >= 0.6 is 0 Å². The molecule has 0 heterocycles. The van der Waals surface area contributed by atoms with E-state index < -0.39 is 18.0 Å². The van der Waals surface area contributed by atoms with Crippen LogP contribution in [-0.4, -0.2) is 34.9 Å². The second kappa shape index (κ2) is 6.98. The summed E-state index contributed by atoms with van der Waals surface area (Å²) < 4.78 is 0. The number of rotatable bonds is 5. The second-order valence-electron chi connectivity index (χ2n) is 3.66. The Balaban J connectivity index is 2.69. The zero-order chi connectivity index (χ0) is 14.3. The first kappa shape index (κ1) is 14.5. The third-order valence-corrected chi connectivity index (χ3v) is 2.32. The van der Waals surface area contributed by atoms with Crippen molar-refractivity contribution in [2.75, 3.05) is 11.9 Å². The van der Waals surface area contributed by atoms with E-state index in [1.54, 1.807) is 12.1 Å². The number of urea groups is 1. The number of para-hydroxylation sites is 1. The highest BCUT2D eigenvalue weighted by Gasteiger charge is 2.19. The largest absolute Gasteiger partial charge is 0.480 e. The molecule has 0 spiro atoms. The molecule has 0 bridgehead atoms. The van der Waals surface area contributed by atoms with Crippen LogP contribution in [0.3, 0.4) is 0 Å². The molecule has 100 valence electrons. The van der Waals surface area contributed by atoms with Gasteiger partial charge in [-0.3, -0.25) is 0 Å². The summed E-state index contributed by atoms with van der Waals surface area (Å²) in [6.07, 6.45) is -0.0946. The maximum atomic E-state index is 11.6. The van der Waals surface area contributed by atoms with Gasteiger partial charge in [0.15, 0.2) is 0 Å². The lowest BCUT2D eigenvalue weighted by atomic mass is 10.2. The lowest BCUT2D eigenvalue weighted by Crippen LogP contribution is -2.43. The van der Waals surface area contributed by atoms with Gasteiger partial charge in [0, 0.05) is 13.0 Å². The van der Waals surface area contributed by atoms with Crippen LogP contribution in [-0.2, 0) is 4.79 Å². The minimum absolute atomic E-state index is 0.0946. The molecule has 0 saturated heterocycles. The Morgan fingerprint density at radius 2 is 2.05 bits per heavy atom. The number of aliphatic hydroxyl groups is 1. The van der Waals surface area contributed by atoms with E-state index in [2.05, 4.69) is 10.6 Å². The number of nitrogens with one attached hydrogen (secondary N) is 2. The molecule has 0 fully saturated rings. The van der Waals surface area contributed by atoms with Gasteiger partial charge in [0.1, 0.15) is 12.1 Å². The lowest BCUT2D eigenvalue weighted by Gasteiger charge is -2.14. The van der Waals surface area contributed by atoms with Crippen molar-refractivity contribution < 1.29 is 19.8 Å². The molecule has 0 saturated carbocycles. The van der Waals surface area contributed by atoms with Crippen molar-refractivity contribution in [1.82, 2.24) is 5.32 Å². The van der Waals surface area contributed by atoms with Crippen LogP contribution in [0, 0.1) is 11.3 Å². The molecular weight excluding hydrogens is 250 g/mol. The van der Waals surface area contributed by atoms with Gasteiger partial charge in [0.2, 0.25) is 0 Å². The predicted molar refractivity (Wildman–Crippen MR) is 66.4 cm³/mol. The molecule has 0 aromatic heterocycles. The normalized spacial score (nSPS) is 11.2. The monoisotopic (exact) mass is 263 g/mol. The zero-order valence-electron chi connectivity index (χ0n) is 9.96. The molecule has 7 nitrogen and oxygen atoms in total. The number of carbonyl (C=O) groups is 2. The Kier molecular flexibility index (Phi) is 5.32. The SMILES string of the molecule is N#Cc1ccccc1NC(=O)NC(CCO)C(=O)O. The van der Waals surface area contributed by atoms with Gasteiger partial charge in [0.25, 0.3) is 0 Å². The van der Waals surface area contributed by atoms with Gasteiger partial charge in [-0.05, 0) is 12.1 Å². The Morgan fingerprint density at radius 1 is 1.37 bits per heavy atom. The molecule has 1 aromatic rings. The van der Waals surface area contributed by atoms with Crippen molar-refractivity contribution >= 4 is 17.7 Å². The molecule has 0 aliphatic carbocycles. The summed E-state index contributed by atoms with van der Waals surface area (Å²) in [6.45, 7) is -0.355. The van der Waals surface area contributed by atoms with Gasteiger partial charge in [-0.25, -0.2) is 9.59 Å². The zero-order valence-corrected chi connectivity index (χ0v) is 9.96. The summed E-state index contributed by atoms with van der Waals surface area (Å²) in [5, 5.41) is 30.9. The van der Waals surface area contributed by atoms with E-state index in [1.165, 1.54) is 12.1 Å². The van der Waals surface area contributed by atoms with Gasteiger partial charge in [0.05, 0.1) is 11.3 Å². The van der Waals surface area contributed by atoms with Gasteiger partial charge < -0.3 is 20.8 Å². The molecule has 2 amide bonds. The van der Waals surface area contributed by atoms with E-state index in [9.17, 15) is 9.59 Å². The van der Waals surface area contributed by atoms with Gasteiger partial charge in [-0.2, -0.15) is 5.26 Å². The van der Waals surface area contributed by atoms with Crippen LogP contribution in [0.4, 0.5) is 10.5 Å². The minimum Gasteiger partial charge on any atom is -0.480 e. The smallest absolute Gasteiger partial charge is 0.326 e. The first-order chi connectivity index (χ1) is 9.08. The number of aliphatic carboxylic acids is 1. The van der Waals surface area contributed by atoms with E-state index in [0.29, 0.717) is 0 Å². The Hall–Kier alpha value is -2.59. The molecule has 1 rings (SSSR count). The molecule has 0 aliphatic heterocycles. The highest BCUT2D eigenvalue weighted by molar-refractivity contribution is 5.93. The van der Waals surface area contributed by atoms with Crippen LogP contribution in [0.15, 0.2) is 24.3 Å². The number of benzene rings is 1. The molecule has 0 aliphatic rings. The third kappa shape index (κ3) is 4.29. The van der Waals surface area contributed by atoms with Crippen LogP contribution in [0.2, 0.25) is 0 Å². The molecule has 19 heavy (non-hydrogen) atoms. The van der Waals surface area contributed by atoms with Crippen LogP contribution in [0.1, 0.15) is 12.0 Å². The first-order valence-electron chi connectivity index (χ1n) is 5.48. The number of hydrogen-bond donors (Lipinski definition) is 4. The average Bonchev–Trinajstić information content (AvgIpc) is 2.38. The number of hydrogen-bond acceptors (Lipinski definition) is 4. The maximum Gasteiger partial charge on any atom is 0.326 e. The van der Waals surface area contributed by atoms with Crippen molar-refractivity contribution in [2.45, 2.75) is 12.5 Å². The van der Waals surface area contributed by atoms with Crippen LogP contribution < -0.4 is 10.6 Å². The number of anilines is 1. The number of carboxylic acid groups (broad SMARTS) is 1. The van der Waals surface area contributed by atoms with Crippen molar-refractivity contribution in [2.24, 2.45) is 0 Å². The predicted octanol–water partition coefficient (Wildman–Crippen LogP) is 0.515. The third-order valence-electron chi connectivity index (χ3n) is 2.32. The van der Waals surface area contributed by atoms with E-state index in [4.69, 9.17) is 15.5 Å². The van der Waals surface area contributed by atoms with Crippen LogP contribution in [0.5, 0.6) is 0 Å². The number of aliphatic hydroxyl groups excluding tert-OH is 1. The van der Waals surface area contributed by atoms with Crippen molar-refractivity contribution in [3.63, 3.8) is 0 Å². The van der Waals surface area contributed by atoms with Gasteiger partial charge in [-0.1, -0.05) is 12.1 Å². The fourth-order valence-electron chi connectivity index (χ4n) is 1.39. The molecule has 0 radical (unpaired) electrons. The maximum absolute atomic E-state index is 11.6. The molecule has 7 heteroatoms. The fourth-order valence-corrected chi connectivity index (χ4v) is 1.39. The van der Waals surface area contributed by atoms with Crippen molar-refractivity contribution in [1.29, 1.82) is 5.26 Å². The molecule has 1 aromatic carbocycles. The summed E-state index contributed by atoms with van der Waals surface area (Å²) >= 11 is 0. The first-order valence-corrected chi connectivity index (χ1v) is 5.48. The number of nitriles is 1. The van der Waals surface area contributed by atoms with Gasteiger partial charge >= 0.3 is 12.0 Å². The quantitative estimate of drug-likeness (QED) is 0.616. The standard InChI is InChI=1S/C12H13N3O4/c13-7-8-3-1-2-4-9(8)14-12(19)15-10(5-6-16)11(17)18/h1-4,10,16H,5-6H2,(H,17,18)(H2,14,15,19). The average molecular weight is 263 g/mol. The summed E-state index contributed by atoms with van der Waals surface area (Å²) in [4.78, 5) is 22.4. The van der Waals surface area contributed by atoms with Crippen molar-refractivity contribution in [3.05, 3.63) is 29.8 Å². The highest BCUT2D eigenvalue weighted by Crippen LogP contribution is 2.13. The van der Waals surface area contributed by atoms with E-state index in [-0.39, 0.29) is 24.3 Å². The van der Waals surface area contributed by atoms with Crippen LogP contribution in [0.25, 0.3) is 0 Å². The number of amides is 2. The molecule has 1 unspecified atom stereocenters. The van der Waals surface area contributed by atoms with E-state index >= 15 is 0 Å². The Bertz CT molecular complexity index is 510. The topological polar surface area (TPSA) is 122 Å². The van der Waals surface area contributed by atoms with E-state index in [1.807, 2.05) is 6.07 Å². The molecule has 1 atom stereocenters. The lowest BCUT2D eigenvalue weighted by molar-refractivity contribution is -0.139. The summed E-state index contributed by atoms with van der Waals surface area (Å²) in [5.74, 6) is -1.24. The minimum atomic E-state index is -1.24.